The van der Waals surface area contributed by atoms with E-state index in [4.69, 9.17) is 9.47 Å². The zero-order chi connectivity index (χ0) is 17.6. The maximum absolute atomic E-state index is 12.8. The van der Waals surface area contributed by atoms with E-state index in [2.05, 4.69) is 18.7 Å². The molecule has 5 heteroatoms. The fraction of sp³-hybridized carbons (Fsp3) is 0.650. The van der Waals surface area contributed by atoms with Gasteiger partial charge in [-0.25, -0.2) is 0 Å². The average molecular weight is 346 g/mol. The van der Waals surface area contributed by atoms with Crippen molar-refractivity contribution in [3.8, 4) is 5.75 Å². The Kier molecular flexibility index (Phi) is 6.32. The van der Waals surface area contributed by atoms with Crippen molar-refractivity contribution in [3.63, 3.8) is 0 Å². The third kappa shape index (κ3) is 5.19. The standard InChI is InChI=1S/C20H30N2O3/c1-16(2)14-21-8-10-22(11-9-21)20(23)17-5-3-6-18(13-17)25-15-19-7-4-12-24-19/h3,5-6,13,16,19H,4,7-12,14-15H2,1-2H3. The van der Waals surface area contributed by atoms with Gasteiger partial charge in [0.1, 0.15) is 12.4 Å². The van der Waals surface area contributed by atoms with Crippen LogP contribution >= 0.6 is 0 Å². The summed E-state index contributed by atoms with van der Waals surface area (Å²) in [6, 6.07) is 7.54. The normalized spacial score (nSPS) is 21.7. The summed E-state index contributed by atoms with van der Waals surface area (Å²) < 4.78 is 11.4. The van der Waals surface area contributed by atoms with Crippen LogP contribution in [0.25, 0.3) is 0 Å². The molecule has 1 atom stereocenters. The quantitative estimate of drug-likeness (QED) is 0.794. The van der Waals surface area contributed by atoms with Crippen molar-refractivity contribution < 1.29 is 14.3 Å². The minimum atomic E-state index is 0.103. The summed E-state index contributed by atoms with van der Waals surface area (Å²) in [5.41, 5.74) is 0.710. The second kappa shape index (κ2) is 8.68. The minimum Gasteiger partial charge on any atom is -0.491 e. The van der Waals surface area contributed by atoms with E-state index in [1.807, 2.05) is 29.2 Å². The fourth-order valence-corrected chi connectivity index (χ4v) is 3.52. The number of carbonyl (C=O) groups excluding carboxylic acids is 1. The van der Waals surface area contributed by atoms with E-state index < -0.39 is 0 Å². The molecule has 25 heavy (non-hydrogen) atoms. The van der Waals surface area contributed by atoms with Gasteiger partial charge in [-0.15, -0.1) is 0 Å². The molecule has 2 aliphatic heterocycles. The van der Waals surface area contributed by atoms with Crippen LogP contribution in [-0.2, 0) is 4.74 Å². The Morgan fingerprint density at radius 2 is 2.08 bits per heavy atom. The van der Waals surface area contributed by atoms with Gasteiger partial charge >= 0.3 is 0 Å². The number of piperazine rings is 1. The molecule has 138 valence electrons. The van der Waals surface area contributed by atoms with Crippen LogP contribution in [0.3, 0.4) is 0 Å². The van der Waals surface area contributed by atoms with Crippen LogP contribution < -0.4 is 4.74 Å². The molecule has 5 nitrogen and oxygen atoms in total. The van der Waals surface area contributed by atoms with Crippen molar-refractivity contribution in [2.24, 2.45) is 5.92 Å². The monoisotopic (exact) mass is 346 g/mol. The maximum Gasteiger partial charge on any atom is 0.254 e. The van der Waals surface area contributed by atoms with Gasteiger partial charge in [0.25, 0.3) is 5.91 Å². The first-order valence-electron chi connectivity index (χ1n) is 9.48. The lowest BCUT2D eigenvalue weighted by atomic mass is 10.1. The Hall–Kier alpha value is -1.59. The number of nitrogens with zero attached hydrogens (tertiary/aromatic N) is 2. The van der Waals surface area contributed by atoms with E-state index in [-0.39, 0.29) is 12.0 Å². The predicted molar refractivity (Wildman–Crippen MR) is 98.1 cm³/mol. The fourth-order valence-electron chi connectivity index (χ4n) is 3.52. The molecule has 2 fully saturated rings. The summed E-state index contributed by atoms with van der Waals surface area (Å²) in [7, 11) is 0. The van der Waals surface area contributed by atoms with Gasteiger partial charge in [-0.2, -0.15) is 0 Å². The number of ether oxygens (including phenoxy) is 2. The molecule has 0 radical (unpaired) electrons. The largest absolute Gasteiger partial charge is 0.491 e. The maximum atomic E-state index is 12.8. The molecule has 2 saturated heterocycles. The van der Waals surface area contributed by atoms with Crippen molar-refractivity contribution in [1.29, 1.82) is 0 Å². The van der Waals surface area contributed by atoms with E-state index in [1.54, 1.807) is 0 Å². The van der Waals surface area contributed by atoms with Crippen LogP contribution in [0.1, 0.15) is 37.0 Å². The van der Waals surface area contributed by atoms with Gasteiger partial charge in [-0.05, 0) is 37.0 Å². The highest BCUT2D eigenvalue weighted by Gasteiger charge is 2.23. The summed E-state index contributed by atoms with van der Waals surface area (Å²) in [5.74, 6) is 1.52. The Morgan fingerprint density at radius 3 is 2.76 bits per heavy atom. The average Bonchev–Trinajstić information content (AvgIpc) is 3.13. The molecule has 0 aromatic heterocycles. The van der Waals surface area contributed by atoms with Gasteiger partial charge in [0, 0.05) is 44.9 Å². The molecule has 1 aromatic carbocycles. The molecular formula is C20H30N2O3. The van der Waals surface area contributed by atoms with Crippen molar-refractivity contribution in [2.75, 3.05) is 45.9 Å². The van der Waals surface area contributed by atoms with Gasteiger partial charge < -0.3 is 14.4 Å². The highest BCUT2D eigenvalue weighted by molar-refractivity contribution is 5.94. The summed E-state index contributed by atoms with van der Waals surface area (Å²) in [4.78, 5) is 17.2. The highest BCUT2D eigenvalue weighted by atomic mass is 16.5. The van der Waals surface area contributed by atoms with Gasteiger partial charge in [-0.1, -0.05) is 19.9 Å². The van der Waals surface area contributed by atoms with E-state index >= 15 is 0 Å². The van der Waals surface area contributed by atoms with Crippen LogP contribution in [0.5, 0.6) is 5.75 Å². The van der Waals surface area contributed by atoms with Gasteiger partial charge in [-0.3, -0.25) is 9.69 Å². The number of benzene rings is 1. The van der Waals surface area contributed by atoms with Crippen molar-refractivity contribution in [3.05, 3.63) is 29.8 Å². The topological polar surface area (TPSA) is 42.0 Å². The van der Waals surface area contributed by atoms with E-state index in [0.717, 1.165) is 57.9 Å². The third-order valence-electron chi connectivity index (χ3n) is 4.82. The second-order valence-corrected chi connectivity index (χ2v) is 7.46. The van der Waals surface area contributed by atoms with Crippen LogP contribution in [0, 0.1) is 5.92 Å². The number of hydrogen-bond acceptors (Lipinski definition) is 4. The lowest BCUT2D eigenvalue weighted by molar-refractivity contribution is 0.0620. The lowest BCUT2D eigenvalue weighted by Crippen LogP contribution is -2.49. The number of rotatable bonds is 6. The smallest absolute Gasteiger partial charge is 0.254 e. The number of hydrogen-bond donors (Lipinski definition) is 0. The molecule has 0 aliphatic carbocycles. The number of amides is 1. The summed E-state index contributed by atoms with van der Waals surface area (Å²) in [6.45, 7) is 10.5. The molecule has 0 bridgehead atoms. The molecular weight excluding hydrogens is 316 g/mol. The Morgan fingerprint density at radius 1 is 1.28 bits per heavy atom. The highest BCUT2D eigenvalue weighted by Crippen LogP contribution is 2.19. The molecule has 0 saturated carbocycles. The molecule has 1 unspecified atom stereocenters. The van der Waals surface area contributed by atoms with Gasteiger partial charge in [0.2, 0.25) is 0 Å². The second-order valence-electron chi connectivity index (χ2n) is 7.46. The lowest BCUT2D eigenvalue weighted by Gasteiger charge is -2.35. The zero-order valence-corrected chi connectivity index (χ0v) is 15.4. The van der Waals surface area contributed by atoms with Crippen molar-refractivity contribution in [1.82, 2.24) is 9.80 Å². The third-order valence-corrected chi connectivity index (χ3v) is 4.82. The van der Waals surface area contributed by atoms with Gasteiger partial charge in [0.15, 0.2) is 0 Å². The molecule has 2 aliphatic rings. The SMILES string of the molecule is CC(C)CN1CCN(C(=O)c2cccc(OCC3CCCO3)c2)CC1. The molecule has 0 N–H and O–H groups in total. The van der Waals surface area contributed by atoms with Crippen molar-refractivity contribution in [2.45, 2.75) is 32.8 Å². The molecule has 3 rings (SSSR count). The van der Waals surface area contributed by atoms with Crippen LogP contribution in [0.2, 0.25) is 0 Å². The van der Waals surface area contributed by atoms with Crippen LogP contribution in [-0.4, -0.2) is 67.7 Å². The van der Waals surface area contributed by atoms with E-state index in [1.165, 1.54) is 0 Å². The summed E-state index contributed by atoms with van der Waals surface area (Å²) in [6.07, 6.45) is 2.35. The minimum absolute atomic E-state index is 0.103. The van der Waals surface area contributed by atoms with Crippen molar-refractivity contribution >= 4 is 5.91 Å². The summed E-state index contributed by atoms with van der Waals surface area (Å²) >= 11 is 0. The van der Waals surface area contributed by atoms with E-state index in [0.29, 0.717) is 18.1 Å². The van der Waals surface area contributed by atoms with E-state index in [9.17, 15) is 4.79 Å². The van der Waals surface area contributed by atoms with Crippen LogP contribution in [0.4, 0.5) is 0 Å². The Balaban J connectivity index is 1.52. The zero-order valence-electron chi connectivity index (χ0n) is 15.4. The predicted octanol–water partition coefficient (Wildman–Crippen LogP) is 2.66. The molecule has 0 spiro atoms. The van der Waals surface area contributed by atoms with Crippen LogP contribution in [0.15, 0.2) is 24.3 Å². The van der Waals surface area contributed by atoms with Gasteiger partial charge in [0.05, 0.1) is 6.10 Å². The molecule has 1 aromatic rings. The summed E-state index contributed by atoms with van der Waals surface area (Å²) in [5, 5.41) is 0. The number of carbonyl (C=O) groups is 1. The first-order valence-corrected chi connectivity index (χ1v) is 9.48. The molecule has 1 amide bonds. The molecule has 2 heterocycles. The Labute approximate surface area is 150 Å². The Bertz CT molecular complexity index is 562. The first kappa shape index (κ1) is 18.2. The first-order chi connectivity index (χ1) is 12.1.